The van der Waals surface area contributed by atoms with Gasteiger partial charge >= 0.3 is 5.97 Å². The average molecular weight is 348 g/mol. The lowest BCUT2D eigenvalue weighted by Crippen LogP contribution is -2.02. The SMILES string of the molecule is COC(=O)c1cccc(Nc2cc(Nc3ccc(C)c(C)c3)ncn2)c1. The van der Waals surface area contributed by atoms with Crippen molar-refractivity contribution in [1.82, 2.24) is 9.97 Å². The van der Waals surface area contributed by atoms with Crippen LogP contribution < -0.4 is 10.6 Å². The van der Waals surface area contributed by atoms with Crippen molar-refractivity contribution in [1.29, 1.82) is 0 Å². The van der Waals surface area contributed by atoms with E-state index in [1.54, 1.807) is 24.3 Å². The number of aromatic nitrogens is 2. The molecule has 26 heavy (non-hydrogen) atoms. The van der Waals surface area contributed by atoms with Crippen LogP contribution in [0.3, 0.4) is 0 Å². The van der Waals surface area contributed by atoms with Crippen molar-refractivity contribution in [3.63, 3.8) is 0 Å². The largest absolute Gasteiger partial charge is 0.465 e. The number of hydrogen-bond donors (Lipinski definition) is 2. The predicted molar refractivity (Wildman–Crippen MR) is 102 cm³/mol. The summed E-state index contributed by atoms with van der Waals surface area (Å²) < 4.78 is 4.74. The van der Waals surface area contributed by atoms with Crippen LogP contribution in [0.15, 0.2) is 54.9 Å². The number of nitrogens with one attached hydrogen (secondary N) is 2. The molecule has 3 rings (SSSR count). The van der Waals surface area contributed by atoms with Gasteiger partial charge in [0.05, 0.1) is 12.7 Å². The second-order valence-corrected chi connectivity index (χ2v) is 5.91. The number of aryl methyl sites for hydroxylation is 2. The summed E-state index contributed by atoms with van der Waals surface area (Å²) in [6.07, 6.45) is 1.48. The van der Waals surface area contributed by atoms with Gasteiger partial charge in [-0.2, -0.15) is 0 Å². The lowest BCUT2D eigenvalue weighted by atomic mass is 10.1. The Bertz CT molecular complexity index is 941. The molecule has 0 saturated heterocycles. The maximum Gasteiger partial charge on any atom is 0.337 e. The highest BCUT2D eigenvalue weighted by molar-refractivity contribution is 5.90. The summed E-state index contributed by atoms with van der Waals surface area (Å²) in [6, 6.07) is 15.0. The van der Waals surface area contributed by atoms with Crippen molar-refractivity contribution in [3.05, 3.63) is 71.5 Å². The van der Waals surface area contributed by atoms with E-state index in [4.69, 9.17) is 4.74 Å². The molecule has 0 bridgehead atoms. The number of carbonyl (C=O) groups excluding carboxylic acids is 1. The van der Waals surface area contributed by atoms with Gasteiger partial charge in [-0.3, -0.25) is 0 Å². The number of benzene rings is 2. The van der Waals surface area contributed by atoms with E-state index in [0.29, 0.717) is 17.2 Å². The first kappa shape index (κ1) is 17.4. The van der Waals surface area contributed by atoms with E-state index in [1.165, 1.54) is 24.6 Å². The molecule has 0 fully saturated rings. The molecule has 0 aliphatic heterocycles. The molecule has 0 unspecified atom stereocenters. The normalized spacial score (nSPS) is 10.3. The van der Waals surface area contributed by atoms with Crippen molar-refractivity contribution in [2.24, 2.45) is 0 Å². The number of methoxy groups -OCH3 is 1. The van der Waals surface area contributed by atoms with Crippen molar-refractivity contribution < 1.29 is 9.53 Å². The first-order valence-corrected chi connectivity index (χ1v) is 8.17. The molecule has 0 amide bonds. The van der Waals surface area contributed by atoms with Gasteiger partial charge < -0.3 is 15.4 Å². The summed E-state index contributed by atoms with van der Waals surface area (Å²) in [4.78, 5) is 20.1. The molecule has 0 saturated carbocycles. The van der Waals surface area contributed by atoms with Crippen LogP contribution in [0.2, 0.25) is 0 Å². The Morgan fingerprint density at radius 2 is 1.58 bits per heavy atom. The first-order chi connectivity index (χ1) is 12.5. The Hall–Kier alpha value is -3.41. The van der Waals surface area contributed by atoms with Crippen LogP contribution in [0.4, 0.5) is 23.0 Å². The lowest BCUT2D eigenvalue weighted by Gasteiger charge is -2.10. The van der Waals surface area contributed by atoms with Crippen LogP contribution in [0.25, 0.3) is 0 Å². The van der Waals surface area contributed by atoms with Gasteiger partial charge in [-0.15, -0.1) is 0 Å². The molecule has 1 heterocycles. The van der Waals surface area contributed by atoms with Crippen molar-refractivity contribution in [2.75, 3.05) is 17.7 Å². The molecule has 0 spiro atoms. The van der Waals surface area contributed by atoms with E-state index in [-0.39, 0.29) is 5.97 Å². The number of carbonyl (C=O) groups is 1. The summed E-state index contributed by atoms with van der Waals surface area (Å²) in [6.45, 7) is 4.15. The summed E-state index contributed by atoms with van der Waals surface area (Å²) in [5, 5.41) is 6.44. The highest BCUT2D eigenvalue weighted by Gasteiger charge is 2.07. The zero-order valence-electron chi connectivity index (χ0n) is 14.9. The Balaban J connectivity index is 1.77. The fraction of sp³-hybridized carbons (Fsp3) is 0.150. The Morgan fingerprint density at radius 1 is 0.885 bits per heavy atom. The van der Waals surface area contributed by atoms with Gasteiger partial charge in [0.2, 0.25) is 0 Å². The van der Waals surface area contributed by atoms with Gasteiger partial charge in [0.1, 0.15) is 18.0 Å². The van der Waals surface area contributed by atoms with Crippen molar-refractivity contribution >= 4 is 29.0 Å². The van der Waals surface area contributed by atoms with Crippen LogP contribution in [-0.2, 0) is 4.74 Å². The van der Waals surface area contributed by atoms with Crippen LogP contribution in [0, 0.1) is 13.8 Å². The minimum Gasteiger partial charge on any atom is -0.465 e. The number of esters is 1. The molecule has 3 aromatic rings. The number of anilines is 4. The molecule has 0 aliphatic carbocycles. The van der Waals surface area contributed by atoms with Crippen molar-refractivity contribution in [2.45, 2.75) is 13.8 Å². The Morgan fingerprint density at radius 3 is 2.23 bits per heavy atom. The maximum atomic E-state index is 11.6. The van der Waals surface area contributed by atoms with Crippen LogP contribution in [-0.4, -0.2) is 23.0 Å². The van der Waals surface area contributed by atoms with Gasteiger partial charge in [-0.05, 0) is 55.3 Å². The van der Waals surface area contributed by atoms with E-state index in [2.05, 4.69) is 46.6 Å². The van der Waals surface area contributed by atoms with E-state index < -0.39 is 0 Å². The Labute approximate surface area is 152 Å². The fourth-order valence-electron chi connectivity index (χ4n) is 2.45. The Kier molecular flexibility index (Phi) is 5.12. The number of hydrogen-bond acceptors (Lipinski definition) is 6. The van der Waals surface area contributed by atoms with Gasteiger partial charge in [0.25, 0.3) is 0 Å². The number of ether oxygens (including phenoxy) is 1. The molecule has 0 radical (unpaired) electrons. The quantitative estimate of drug-likeness (QED) is 0.667. The van der Waals surface area contributed by atoms with Gasteiger partial charge in [0.15, 0.2) is 0 Å². The third kappa shape index (κ3) is 4.16. The smallest absolute Gasteiger partial charge is 0.337 e. The zero-order chi connectivity index (χ0) is 18.5. The third-order valence-corrected chi connectivity index (χ3v) is 4.00. The highest BCUT2D eigenvalue weighted by atomic mass is 16.5. The van der Waals surface area contributed by atoms with E-state index in [1.807, 2.05) is 12.1 Å². The van der Waals surface area contributed by atoms with Gasteiger partial charge in [0, 0.05) is 17.4 Å². The minimum absolute atomic E-state index is 0.381. The van der Waals surface area contributed by atoms with Gasteiger partial charge in [-0.1, -0.05) is 12.1 Å². The lowest BCUT2D eigenvalue weighted by molar-refractivity contribution is 0.0601. The fourth-order valence-corrected chi connectivity index (χ4v) is 2.45. The molecule has 6 nitrogen and oxygen atoms in total. The number of nitrogens with zero attached hydrogens (tertiary/aromatic N) is 2. The molecule has 1 aromatic heterocycles. The topological polar surface area (TPSA) is 76.1 Å². The van der Waals surface area contributed by atoms with Gasteiger partial charge in [-0.25, -0.2) is 14.8 Å². The van der Waals surface area contributed by atoms with Crippen LogP contribution >= 0.6 is 0 Å². The number of rotatable bonds is 5. The molecule has 2 aromatic carbocycles. The minimum atomic E-state index is -0.381. The molecular weight excluding hydrogens is 328 g/mol. The maximum absolute atomic E-state index is 11.6. The average Bonchev–Trinajstić information content (AvgIpc) is 2.64. The summed E-state index contributed by atoms with van der Waals surface area (Å²) in [5.41, 5.74) is 4.63. The van der Waals surface area contributed by atoms with Crippen molar-refractivity contribution in [3.8, 4) is 0 Å². The monoisotopic (exact) mass is 348 g/mol. The van der Waals surface area contributed by atoms with Crippen LogP contribution in [0.1, 0.15) is 21.5 Å². The summed E-state index contributed by atoms with van der Waals surface area (Å²) in [7, 11) is 1.36. The highest BCUT2D eigenvalue weighted by Crippen LogP contribution is 2.21. The molecule has 2 N–H and O–H groups in total. The van der Waals surface area contributed by atoms with E-state index in [0.717, 1.165) is 11.4 Å². The summed E-state index contributed by atoms with van der Waals surface area (Å²) in [5.74, 6) is 0.914. The summed E-state index contributed by atoms with van der Waals surface area (Å²) >= 11 is 0. The molecular formula is C20H20N4O2. The third-order valence-electron chi connectivity index (χ3n) is 4.00. The molecule has 132 valence electrons. The standard InChI is InChI=1S/C20H20N4O2/c1-13-7-8-17(9-14(13)2)24-19-11-18(21-12-22-19)23-16-6-4-5-15(10-16)20(25)26-3/h4-12H,1-3H3,(H2,21,22,23,24). The molecule has 6 heteroatoms. The molecule has 0 aliphatic rings. The zero-order valence-corrected chi connectivity index (χ0v) is 14.9. The van der Waals surface area contributed by atoms with E-state index in [9.17, 15) is 4.79 Å². The molecule has 0 atom stereocenters. The predicted octanol–water partition coefficient (Wildman–Crippen LogP) is 4.37. The second-order valence-electron chi connectivity index (χ2n) is 5.91. The van der Waals surface area contributed by atoms with E-state index >= 15 is 0 Å². The van der Waals surface area contributed by atoms with Crippen LogP contribution in [0.5, 0.6) is 0 Å². The second kappa shape index (κ2) is 7.65. The first-order valence-electron chi connectivity index (χ1n) is 8.17.